The monoisotopic (exact) mass is 725 g/mol. The van der Waals surface area contributed by atoms with E-state index in [1.165, 1.54) is 25.1 Å². The van der Waals surface area contributed by atoms with E-state index in [1.807, 2.05) is 0 Å². The SMILES string of the molecule is CC(=O)OCc1ccc(O[C@@H]2O[C@H](C(=O)O)[C@@H](O)[C@H](O)[C@H]2O)c(NC(=O)CCNC(=O)CCNC(=O)CC(I)C(=O)O)c1. The third kappa shape index (κ3) is 11.5. The van der Waals surface area contributed by atoms with Gasteiger partial charge in [-0.3, -0.25) is 24.0 Å². The summed E-state index contributed by atoms with van der Waals surface area (Å²) >= 11 is 1.61. The molecule has 17 nitrogen and oxygen atoms in total. The first-order valence-electron chi connectivity index (χ1n) is 12.7. The number of alkyl halides is 1. The molecule has 1 aliphatic heterocycles. The number of amides is 3. The largest absolute Gasteiger partial charge is 0.480 e. The van der Waals surface area contributed by atoms with Crippen molar-refractivity contribution >= 4 is 63.9 Å². The number of anilines is 1. The number of carbonyl (C=O) groups is 6. The molecule has 6 atom stereocenters. The molecule has 1 unspecified atom stereocenters. The Morgan fingerprint density at radius 2 is 1.56 bits per heavy atom. The molecule has 0 spiro atoms. The average Bonchev–Trinajstić information content (AvgIpc) is 2.92. The maximum Gasteiger partial charge on any atom is 0.335 e. The number of halogens is 1. The van der Waals surface area contributed by atoms with Crippen molar-refractivity contribution in [1.29, 1.82) is 0 Å². The lowest BCUT2D eigenvalue weighted by Crippen LogP contribution is -2.61. The number of carboxylic acid groups (broad SMARTS) is 2. The zero-order valence-electron chi connectivity index (χ0n) is 22.7. The molecule has 1 heterocycles. The van der Waals surface area contributed by atoms with Crippen molar-refractivity contribution in [2.75, 3.05) is 18.4 Å². The molecule has 0 saturated carbocycles. The fraction of sp³-hybridized carbons (Fsp3) is 0.520. The Labute approximate surface area is 258 Å². The van der Waals surface area contributed by atoms with E-state index in [9.17, 15) is 49.2 Å². The van der Waals surface area contributed by atoms with Gasteiger partial charge in [0.1, 0.15) is 34.6 Å². The van der Waals surface area contributed by atoms with Crippen molar-refractivity contribution in [2.24, 2.45) is 0 Å². The third-order valence-electron chi connectivity index (χ3n) is 5.80. The van der Waals surface area contributed by atoms with Crippen LogP contribution in [0.4, 0.5) is 5.69 Å². The number of carbonyl (C=O) groups excluding carboxylic acids is 4. The number of aliphatic hydroxyl groups excluding tert-OH is 3. The Morgan fingerprint density at radius 3 is 2.16 bits per heavy atom. The van der Waals surface area contributed by atoms with Crippen LogP contribution >= 0.6 is 22.6 Å². The first-order chi connectivity index (χ1) is 20.2. The second-order valence-electron chi connectivity index (χ2n) is 9.22. The minimum absolute atomic E-state index is 0.0121. The predicted octanol–water partition coefficient (Wildman–Crippen LogP) is -1.75. The van der Waals surface area contributed by atoms with Crippen LogP contribution in [-0.2, 0) is 44.8 Å². The van der Waals surface area contributed by atoms with Crippen LogP contribution in [-0.4, -0.2) is 109 Å². The standard InChI is InChI=1S/C25H32IN3O14/c1-11(30)41-10-12-2-3-15(42-25-21(36)19(34)20(35)22(43-25)24(39)40)14(8-12)29-17(32)5-7-27-16(31)4-6-28-18(33)9-13(26)23(37)38/h2-3,8,13,19-22,25,34-36H,4-7,9-10H2,1H3,(H,27,31)(H,28,33)(H,29,32)(H,37,38)(H,39,40)/t13?,19-,20-,21+,22-,25+/m0/s1. The number of rotatable bonds is 15. The van der Waals surface area contributed by atoms with Crippen LogP contribution in [0.15, 0.2) is 18.2 Å². The molecule has 2 rings (SSSR count). The van der Waals surface area contributed by atoms with Crippen molar-refractivity contribution in [3.63, 3.8) is 0 Å². The maximum atomic E-state index is 12.6. The summed E-state index contributed by atoms with van der Waals surface area (Å²) in [4.78, 5) is 69.7. The van der Waals surface area contributed by atoms with Crippen molar-refractivity contribution in [3.05, 3.63) is 23.8 Å². The zero-order valence-corrected chi connectivity index (χ0v) is 24.9. The second-order valence-corrected chi connectivity index (χ2v) is 10.7. The van der Waals surface area contributed by atoms with Crippen LogP contribution in [0, 0.1) is 0 Å². The molecule has 1 aromatic carbocycles. The molecule has 3 amide bonds. The van der Waals surface area contributed by atoms with Crippen LogP contribution in [0.25, 0.3) is 0 Å². The van der Waals surface area contributed by atoms with E-state index in [4.69, 9.17) is 19.3 Å². The second kappa shape index (κ2) is 16.9. The van der Waals surface area contributed by atoms with Gasteiger partial charge in [0.2, 0.25) is 24.0 Å². The third-order valence-corrected chi connectivity index (χ3v) is 6.77. The van der Waals surface area contributed by atoms with E-state index in [0.29, 0.717) is 5.56 Å². The smallest absolute Gasteiger partial charge is 0.335 e. The van der Waals surface area contributed by atoms with Gasteiger partial charge >= 0.3 is 17.9 Å². The van der Waals surface area contributed by atoms with Crippen LogP contribution in [0.5, 0.6) is 5.75 Å². The number of nitrogens with one attached hydrogen (secondary N) is 3. The van der Waals surface area contributed by atoms with Gasteiger partial charge in [-0.25, -0.2) is 4.79 Å². The summed E-state index contributed by atoms with van der Waals surface area (Å²) in [7, 11) is 0. The molecule has 1 saturated heterocycles. The molecule has 0 aliphatic carbocycles. The fourth-order valence-electron chi connectivity index (χ4n) is 3.58. The minimum atomic E-state index is -1.94. The summed E-state index contributed by atoms with van der Waals surface area (Å²) in [6.45, 7) is 0.877. The van der Waals surface area contributed by atoms with E-state index < -0.39 is 70.3 Å². The summed E-state index contributed by atoms with van der Waals surface area (Å²) in [6.07, 6.45) is -10.0. The summed E-state index contributed by atoms with van der Waals surface area (Å²) in [5, 5.41) is 55.7. The summed E-state index contributed by atoms with van der Waals surface area (Å²) in [6, 6.07) is 4.13. The molecular weight excluding hydrogens is 693 g/mol. The number of benzene rings is 1. The van der Waals surface area contributed by atoms with Crippen molar-refractivity contribution in [2.45, 2.75) is 67.4 Å². The lowest BCUT2D eigenvalue weighted by Gasteiger charge is -2.38. The Bertz CT molecular complexity index is 1200. The highest BCUT2D eigenvalue weighted by Crippen LogP contribution is 2.31. The van der Waals surface area contributed by atoms with E-state index in [2.05, 4.69) is 16.0 Å². The van der Waals surface area contributed by atoms with Crippen LogP contribution in [0.1, 0.15) is 31.7 Å². The summed E-state index contributed by atoms with van der Waals surface area (Å²) in [5.41, 5.74) is 0.399. The van der Waals surface area contributed by atoms with Gasteiger partial charge in [-0.05, 0) is 17.7 Å². The number of esters is 1. The van der Waals surface area contributed by atoms with Gasteiger partial charge in [-0.15, -0.1) is 0 Å². The first-order valence-corrected chi connectivity index (χ1v) is 14.0. The minimum Gasteiger partial charge on any atom is -0.480 e. The van der Waals surface area contributed by atoms with Gasteiger partial charge < -0.3 is 55.7 Å². The molecule has 18 heteroatoms. The highest BCUT2D eigenvalue weighted by molar-refractivity contribution is 14.1. The number of hydrogen-bond donors (Lipinski definition) is 8. The van der Waals surface area contributed by atoms with E-state index in [0.717, 1.165) is 0 Å². The van der Waals surface area contributed by atoms with E-state index >= 15 is 0 Å². The van der Waals surface area contributed by atoms with Crippen LogP contribution in [0.3, 0.4) is 0 Å². The predicted molar refractivity (Wildman–Crippen MR) is 151 cm³/mol. The number of aliphatic hydroxyl groups is 3. The molecular formula is C25H32IN3O14. The molecule has 0 aromatic heterocycles. The topological polar surface area (TPSA) is 267 Å². The molecule has 1 aliphatic rings. The molecule has 1 aromatic rings. The first kappa shape index (κ1) is 35.6. The van der Waals surface area contributed by atoms with Gasteiger partial charge in [-0.1, -0.05) is 28.7 Å². The summed E-state index contributed by atoms with van der Waals surface area (Å²) in [5.74, 6) is -5.08. The van der Waals surface area contributed by atoms with Gasteiger partial charge in [0.25, 0.3) is 0 Å². The molecule has 0 radical (unpaired) electrons. The van der Waals surface area contributed by atoms with E-state index in [1.54, 1.807) is 22.6 Å². The van der Waals surface area contributed by atoms with Crippen LogP contribution < -0.4 is 20.7 Å². The Morgan fingerprint density at radius 1 is 0.930 bits per heavy atom. The Balaban J connectivity index is 1.99. The number of aliphatic carboxylic acids is 2. The highest BCUT2D eigenvalue weighted by Gasteiger charge is 2.48. The lowest BCUT2D eigenvalue weighted by atomic mass is 9.99. The number of ether oxygens (including phenoxy) is 3. The van der Waals surface area contributed by atoms with Gasteiger partial charge in [0.15, 0.2) is 6.10 Å². The van der Waals surface area contributed by atoms with Crippen molar-refractivity contribution in [1.82, 2.24) is 10.6 Å². The highest BCUT2D eigenvalue weighted by atomic mass is 127. The normalized spacial score (nSPS) is 22.0. The maximum absolute atomic E-state index is 12.6. The lowest BCUT2D eigenvalue weighted by molar-refractivity contribution is -0.271. The molecule has 43 heavy (non-hydrogen) atoms. The Kier molecular flexibility index (Phi) is 14.0. The number of carboxylic acids is 2. The van der Waals surface area contributed by atoms with E-state index in [-0.39, 0.29) is 50.4 Å². The van der Waals surface area contributed by atoms with Crippen molar-refractivity contribution < 1.29 is 68.5 Å². The van der Waals surface area contributed by atoms with Gasteiger partial charge in [0.05, 0.1) is 5.69 Å². The van der Waals surface area contributed by atoms with Gasteiger partial charge in [-0.2, -0.15) is 0 Å². The molecule has 8 N–H and O–H groups in total. The average molecular weight is 725 g/mol. The zero-order chi connectivity index (χ0) is 32.3. The number of hydrogen-bond acceptors (Lipinski definition) is 12. The fourth-order valence-corrected chi connectivity index (χ4v) is 3.98. The van der Waals surface area contributed by atoms with Gasteiger partial charge in [0, 0.05) is 39.3 Å². The molecule has 238 valence electrons. The quantitative estimate of drug-likeness (QED) is 0.0567. The molecule has 1 fully saturated rings. The van der Waals surface area contributed by atoms with Crippen molar-refractivity contribution in [3.8, 4) is 5.75 Å². The Hall–Kier alpha value is -3.59. The molecule has 0 bridgehead atoms. The summed E-state index contributed by atoms with van der Waals surface area (Å²) < 4.78 is 14.7. The van der Waals surface area contributed by atoms with Crippen LogP contribution in [0.2, 0.25) is 0 Å².